The van der Waals surface area contributed by atoms with Crippen molar-refractivity contribution >= 4 is 23.6 Å². The van der Waals surface area contributed by atoms with Crippen LogP contribution in [0.3, 0.4) is 0 Å². The monoisotopic (exact) mass is 518 g/mol. The second-order valence-corrected chi connectivity index (χ2v) is 11.4. The van der Waals surface area contributed by atoms with Crippen molar-refractivity contribution in [1.82, 2.24) is 0 Å². The number of benzene rings is 3. The number of aromatic hydroxyl groups is 1. The molecule has 0 aliphatic heterocycles. The predicted molar refractivity (Wildman–Crippen MR) is 150 cm³/mol. The predicted octanol–water partition coefficient (Wildman–Crippen LogP) is 8.22. The standard InChI is InChI=1S/C32H35ClO4/c1-6-36-30(35)14-10-21-9-13-28(34)24(17-21)25-18-26-27(32(4,5)16-15-31(26,2)3)19-29(25)37-20-22-7-11-23(33)12-8-22/h7-14,17-19,34H,6,15-16,20H2,1-5H3. The van der Waals surface area contributed by atoms with Gasteiger partial charge in [0.15, 0.2) is 0 Å². The number of halogens is 1. The lowest BCUT2D eigenvalue weighted by molar-refractivity contribution is -0.137. The van der Waals surface area contributed by atoms with Crippen LogP contribution in [0.2, 0.25) is 5.02 Å². The van der Waals surface area contributed by atoms with Crippen molar-refractivity contribution in [1.29, 1.82) is 0 Å². The summed E-state index contributed by atoms with van der Waals surface area (Å²) in [6, 6.07) is 17.2. The molecule has 0 spiro atoms. The highest BCUT2D eigenvalue weighted by atomic mass is 35.5. The molecular weight excluding hydrogens is 484 g/mol. The summed E-state index contributed by atoms with van der Waals surface area (Å²) in [6.45, 7) is 11.6. The lowest BCUT2D eigenvalue weighted by Gasteiger charge is -2.42. The summed E-state index contributed by atoms with van der Waals surface area (Å²) in [4.78, 5) is 11.8. The van der Waals surface area contributed by atoms with Crippen molar-refractivity contribution in [2.75, 3.05) is 6.61 Å². The molecule has 0 aromatic heterocycles. The Bertz CT molecular complexity index is 1320. The van der Waals surface area contributed by atoms with Crippen molar-refractivity contribution in [3.05, 3.63) is 87.9 Å². The van der Waals surface area contributed by atoms with Crippen LogP contribution in [0.15, 0.2) is 60.7 Å². The highest BCUT2D eigenvalue weighted by Crippen LogP contribution is 2.50. The summed E-state index contributed by atoms with van der Waals surface area (Å²) in [5.74, 6) is 0.459. The van der Waals surface area contributed by atoms with E-state index < -0.39 is 5.97 Å². The maximum absolute atomic E-state index is 11.8. The van der Waals surface area contributed by atoms with Crippen LogP contribution >= 0.6 is 11.6 Å². The second kappa shape index (κ2) is 10.6. The molecule has 1 aliphatic rings. The Labute approximate surface area is 224 Å². The average molecular weight is 519 g/mol. The molecule has 0 radical (unpaired) electrons. The summed E-state index contributed by atoms with van der Waals surface area (Å²) in [5, 5.41) is 11.6. The first-order valence-electron chi connectivity index (χ1n) is 12.7. The van der Waals surface area contributed by atoms with Crippen LogP contribution in [0.4, 0.5) is 0 Å². The van der Waals surface area contributed by atoms with Crippen molar-refractivity contribution in [3.63, 3.8) is 0 Å². The van der Waals surface area contributed by atoms with Crippen LogP contribution in [0.25, 0.3) is 17.2 Å². The Morgan fingerprint density at radius 3 is 2.24 bits per heavy atom. The molecule has 0 bridgehead atoms. The molecule has 0 fully saturated rings. The van der Waals surface area contributed by atoms with Crippen LogP contribution < -0.4 is 4.74 Å². The zero-order chi connectivity index (χ0) is 26.8. The molecule has 4 nitrogen and oxygen atoms in total. The molecule has 0 saturated heterocycles. The molecule has 37 heavy (non-hydrogen) atoms. The zero-order valence-electron chi connectivity index (χ0n) is 22.2. The zero-order valence-corrected chi connectivity index (χ0v) is 23.0. The molecule has 0 saturated carbocycles. The number of hydrogen-bond acceptors (Lipinski definition) is 4. The minimum absolute atomic E-state index is 0.00797. The third kappa shape index (κ3) is 6.02. The van der Waals surface area contributed by atoms with Gasteiger partial charge in [-0.25, -0.2) is 4.79 Å². The maximum atomic E-state index is 11.8. The minimum Gasteiger partial charge on any atom is -0.507 e. The number of phenols is 1. The van der Waals surface area contributed by atoms with Gasteiger partial charge in [-0.3, -0.25) is 0 Å². The van der Waals surface area contributed by atoms with E-state index in [0.29, 0.717) is 29.5 Å². The van der Waals surface area contributed by atoms with Gasteiger partial charge in [0.25, 0.3) is 0 Å². The summed E-state index contributed by atoms with van der Waals surface area (Å²) < 4.78 is 11.4. The summed E-state index contributed by atoms with van der Waals surface area (Å²) in [7, 11) is 0. The Hall–Kier alpha value is -3.24. The molecule has 0 unspecified atom stereocenters. The van der Waals surface area contributed by atoms with Crippen molar-refractivity contribution in [2.24, 2.45) is 0 Å². The van der Waals surface area contributed by atoms with Gasteiger partial charge in [-0.2, -0.15) is 0 Å². The van der Waals surface area contributed by atoms with Gasteiger partial charge >= 0.3 is 5.97 Å². The van der Waals surface area contributed by atoms with E-state index in [4.69, 9.17) is 21.1 Å². The van der Waals surface area contributed by atoms with Gasteiger partial charge in [-0.1, -0.05) is 57.5 Å². The van der Waals surface area contributed by atoms with Crippen LogP contribution in [-0.4, -0.2) is 17.7 Å². The van der Waals surface area contributed by atoms with E-state index >= 15 is 0 Å². The first kappa shape index (κ1) is 26.8. The normalized spacial score (nSPS) is 15.8. The van der Waals surface area contributed by atoms with E-state index in [1.165, 1.54) is 17.2 Å². The number of rotatable bonds is 7. The topological polar surface area (TPSA) is 55.8 Å². The molecular formula is C32H35ClO4. The van der Waals surface area contributed by atoms with E-state index in [2.05, 4.69) is 39.8 Å². The first-order chi connectivity index (χ1) is 17.5. The fraction of sp³-hybridized carbons (Fsp3) is 0.344. The highest BCUT2D eigenvalue weighted by Gasteiger charge is 2.38. The summed E-state index contributed by atoms with van der Waals surface area (Å²) in [5.41, 5.74) is 5.80. The van der Waals surface area contributed by atoms with Gasteiger partial charge in [0.2, 0.25) is 0 Å². The van der Waals surface area contributed by atoms with Gasteiger partial charge in [-0.05, 0) is 95.3 Å². The summed E-state index contributed by atoms with van der Waals surface area (Å²) >= 11 is 6.06. The van der Waals surface area contributed by atoms with Crippen LogP contribution in [0.5, 0.6) is 11.5 Å². The van der Waals surface area contributed by atoms with Crippen LogP contribution in [-0.2, 0) is 27.0 Å². The third-order valence-electron chi connectivity index (χ3n) is 7.27. The fourth-order valence-corrected chi connectivity index (χ4v) is 5.02. The molecule has 5 heteroatoms. The molecule has 3 aromatic carbocycles. The largest absolute Gasteiger partial charge is 0.507 e. The smallest absolute Gasteiger partial charge is 0.330 e. The van der Waals surface area contributed by atoms with Gasteiger partial charge in [0, 0.05) is 22.2 Å². The van der Waals surface area contributed by atoms with Crippen LogP contribution in [0, 0.1) is 0 Å². The van der Waals surface area contributed by atoms with E-state index in [1.807, 2.05) is 30.3 Å². The molecule has 1 N–H and O–H groups in total. The number of ether oxygens (including phenoxy) is 2. The number of carbonyl (C=O) groups is 1. The molecule has 0 heterocycles. The summed E-state index contributed by atoms with van der Waals surface area (Å²) in [6.07, 6.45) is 5.25. The van der Waals surface area contributed by atoms with Crippen molar-refractivity contribution in [3.8, 4) is 22.6 Å². The Morgan fingerprint density at radius 2 is 1.59 bits per heavy atom. The number of hydrogen-bond donors (Lipinski definition) is 1. The molecule has 0 amide bonds. The molecule has 194 valence electrons. The Kier molecular flexibility index (Phi) is 7.70. The number of fused-ring (bicyclic) bond motifs is 1. The molecule has 3 aromatic rings. The lowest BCUT2D eigenvalue weighted by atomic mass is 9.62. The van der Waals surface area contributed by atoms with E-state index in [1.54, 1.807) is 25.1 Å². The van der Waals surface area contributed by atoms with E-state index in [-0.39, 0.29) is 16.6 Å². The quantitative estimate of drug-likeness (QED) is 0.253. The number of carbonyl (C=O) groups excluding carboxylic acids is 1. The lowest BCUT2D eigenvalue weighted by Crippen LogP contribution is -2.33. The average Bonchev–Trinajstić information content (AvgIpc) is 2.86. The minimum atomic E-state index is -0.401. The van der Waals surface area contributed by atoms with Crippen molar-refractivity contribution in [2.45, 2.75) is 64.9 Å². The van der Waals surface area contributed by atoms with E-state index in [9.17, 15) is 9.90 Å². The SMILES string of the molecule is CCOC(=O)C=Cc1ccc(O)c(-c2cc3c(cc2OCc2ccc(Cl)cc2)C(C)(C)CCC3(C)C)c1. The van der Waals surface area contributed by atoms with Gasteiger partial charge < -0.3 is 14.6 Å². The molecule has 0 atom stereocenters. The van der Waals surface area contributed by atoms with Crippen molar-refractivity contribution < 1.29 is 19.4 Å². The Morgan fingerprint density at radius 1 is 0.946 bits per heavy atom. The van der Waals surface area contributed by atoms with Gasteiger partial charge in [0.1, 0.15) is 18.1 Å². The van der Waals surface area contributed by atoms with Gasteiger partial charge in [-0.15, -0.1) is 0 Å². The highest BCUT2D eigenvalue weighted by molar-refractivity contribution is 6.30. The first-order valence-corrected chi connectivity index (χ1v) is 13.1. The molecule has 4 rings (SSSR count). The third-order valence-corrected chi connectivity index (χ3v) is 7.52. The Balaban J connectivity index is 1.83. The van der Waals surface area contributed by atoms with Gasteiger partial charge in [0.05, 0.1) is 6.61 Å². The molecule has 1 aliphatic carbocycles. The van der Waals surface area contributed by atoms with Crippen LogP contribution in [0.1, 0.15) is 69.7 Å². The second-order valence-electron chi connectivity index (χ2n) is 10.9. The maximum Gasteiger partial charge on any atom is 0.330 e. The fourth-order valence-electron chi connectivity index (χ4n) is 4.89. The number of esters is 1. The number of phenolic OH excluding ortho intramolecular Hbond substituents is 1. The van der Waals surface area contributed by atoms with E-state index in [0.717, 1.165) is 29.5 Å².